The topological polar surface area (TPSA) is 83.8 Å². The number of aromatic nitrogens is 3. The van der Waals surface area contributed by atoms with Gasteiger partial charge in [-0.25, -0.2) is 4.98 Å². The molecule has 0 radical (unpaired) electrons. The highest BCUT2D eigenvalue weighted by atomic mass is 16.3. The number of oxazole rings is 1. The summed E-state index contributed by atoms with van der Waals surface area (Å²) in [6.07, 6.45) is 5.58. The van der Waals surface area contributed by atoms with Crippen LogP contribution in [0.1, 0.15) is 12.1 Å². The van der Waals surface area contributed by atoms with E-state index in [1.165, 1.54) is 6.39 Å². The molecule has 1 aromatic carbocycles. The molecule has 6 nitrogen and oxygen atoms in total. The van der Waals surface area contributed by atoms with Crippen LogP contribution in [0, 0.1) is 0 Å². The Morgan fingerprint density at radius 2 is 2.37 bits per heavy atom. The first-order valence-electron chi connectivity index (χ1n) is 5.91. The first kappa shape index (κ1) is 11.5. The van der Waals surface area contributed by atoms with E-state index in [9.17, 15) is 4.79 Å². The number of aryl methyl sites for hydroxylation is 1. The molecule has 6 heteroatoms. The lowest BCUT2D eigenvalue weighted by Gasteiger charge is -2.04. The van der Waals surface area contributed by atoms with Crippen LogP contribution in [0.3, 0.4) is 0 Å². The highest BCUT2D eigenvalue weighted by Gasteiger charge is 2.05. The second-order valence-corrected chi connectivity index (χ2v) is 4.20. The third kappa shape index (κ3) is 2.62. The van der Waals surface area contributed by atoms with Gasteiger partial charge in [-0.1, -0.05) is 0 Å². The van der Waals surface area contributed by atoms with Crippen LogP contribution in [0.2, 0.25) is 0 Å². The molecular weight excluding hydrogens is 244 g/mol. The van der Waals surface area contributed by atoms with Gasteiger partial charge < -0.3 is 9.73 Å². The zero-order chi connectivity index (χ0) is 13.1. The summed E-state index contributed by atoms with van der Waals surface area (Å²) in [4.78, 5) is 15.8. The molecule has 0 spiro atoms. The van der Waals surface area contributed by atoms with Crippen molar-refractivity contribution < 1.29 is 9.21 Å². The summed E-state index contributed by atoms with van der Waals surface area (Å²) in [7, 11) is 0. The molecular formula is C13H12N4O2. The first-order chi connectivity index (χ1) is 9.31. The summed E-state index contributed by atoms with van der Waals surface area (Å²) in [5.74, 6) is -0.0538. The number of hydrogen-bond acceptors (Lipinski definition) is 4. The molecule has 0 saturated carbocycles. The fraction of sp³-hybridized carbons (Fsp3) is 0.154. The number of carbonyl (C=O) groups is 1. The van der Waals surface area contributed by atoms with Crippen LogP contribution in [0.15, 0.2) is 41.5 Å². The Morgan fingerprint density at radius 3 is 3.21 bits per heavy atom. The molecule has 0 atom stereocenters. The minimum Gasteiger partial charge on any atom is -0.451 e. The first-order valence-corrected chi connectivity index (χ1v) is 5.91. The zero-order valence-electron chi connectivity index (χ0n) is 10.1. The van der Waals surface area contributed by atoms with Crippen molar-refractivity contribution in [3.05, 3.63) is 42.7 Å². The van der Waals surface area contributed by atoms with Gasteiger partial charge in [0.2, 0.25) is 5.91 Å². The fourth-order valence-electron chi connectivity index (χ4n) is 1.84. The average molecular weight is 256 g/mol. The van der Waals surface area contributed by atoms with Gasteiger partial charge >= 0.3 is 0 Å². The quantitative estimate of drug-likeness (QED) is 0.748. The molecule has 2 N–H and O–H groups in total. The number of carbonyl (C=O) groups excluding carboxylic acids is 1. The number of amides is 1. The van der Waals surface area contributed by atoms with Crippen molar-refractivity contribution in [1.29, 1.82) is 0 Å². The van der Waals surface area contributed by atoms with Crippen molar-refractivity contribution in [3.63, 3.8) is 0 Å². The highest BCUT2D eigenvalue weighted by molar-refractivity contribution is 5.93. The van der Waals surface area contributed by atoms with Crippen LogP contribution in [0.5, 0.6) is 0 Å². The molecule has 0 aliphatic heterocycles. The number of anilines is 1. The van der Waals surface area contributed by atoms with Gasteiger partial charge in [0.15, 0.2) is 6.39 Å². The second-order valence-electron chi connectivity index (χ2n) is 4.20. The van der Waals surface area contributed by atoms with Crippen LogP contribution < -0.4 is 5.32 Å². The van der Waals surface area contributed by atoms with E-state index < -0.39 is 0 Å². The predicted molar refractivity (Wildman–Crippen MR) is 69.5 cm³/mol. The fourth-order valence-corrected chi connectivity index (χ4v) is 1.84. The van der Waals surface area contributed by atoms with Crippen LogP contribution in [0.25, 0.3) is 10.9 Å². The Balaban J connectivity index is 1.62. The minimum atomic E-state index is -0.0538. The molecule has 3 aromatic rings. The Labute approximate surface area is 108 Å². The Kier molecular flexibility index (Phi) is 2.97. The third-order valence-corrected chi connectivity index (χ3v) is 2.82. The van der Waals surface area contributed by atoms with Gasteiger partial charge in [0.05, 0.1) is 17.4 Å². The zero-order valence-corrected chi connectivity index (χ0v) is 10.1. The van der Waals surface area contributed by atoms with E-state index in [0.717, 1.165) is 22.3 Å². The molecule has 96 valence electrons. The van der Waals surface area contributed by atoms with E-state index in [0.29, 0.717) is 12.8 Å². The molecule has 2 heterocycles. The molecule has 3 rings (SSSR count). The van der Waals surface area contributed by atoms with Crippen LogP contribution in [-0.4, -0.2) is 21.1 Å². The number of benzene rings is 1. The SMILES string of the molecule is O=C(CCc1cocn1)Nc1ccc2cn[nH]c2c1. The molecule has 0 fully saturated rings. The lowest BCUT2D eigenvalue weighted by molar-refractivity contribution is -0.116. The number of nitrogens with one attached hydrogen (secondary N) is 2. The molecule has 0 bridgehead atoms. The van der Waals surface area contributed by atoms with Gasteiger partial charge in [-0.2, -0.15) is 5.10 Å². The standard InChI is InChI=1S/C13H12N4O2/c18-13(4-3-11-7-19-8-14-11)16-10-2-1-9-6-15-17-12(9)5-10/h1-2,5-8H,3-4H2,(H,15,17)(H,16,18). The van der Waals surface area contributed by atoms with Crippen LogP contribution in [0.4, 0.5) is 5.69 Å². The summed E-state index contributed by atoms with van der Waals surface area (Å²) < 4.78 is 4.85. The largest absolute Gasteiger partial charge is 0.451 e. The monoisotopic (exact) mass is 256 g/mol. The van der Waals surface area contributed by atoms with Crippen LogP contribution >= 0.6 is 0 Å². The maximum absolute atomic E-state index is 11.8. The number of rotatable bonds is 4. The molecule has 19 heavy (non-hydrogen) atoms. The van der Waals surface area contributed by atoms with E-state index in [4.69, 9.17) is 4.42 Å². The highest BCUT2D eigenvalue weighted by Crippen LogP contribution is 2.16. The number of aromatic amines is 1. The summed E-state index contributed by atoms with van der Waals surface area (Å²) in [6.45, 7) is 0. The van der Waals surface area contributed by atoms with Gasteiger partial charge in [-0.05, 0) is 18.2 Å². The van der Waals surface area contributed by atoms with Crippen molar-refractivity contribution in [3.8, 4) is 0 Å². The van der Waals surface area contributed by atoms with E-state index in [1.807, 2.05) is 18.2 Å². The maximum atomic E-state index is 11.8. The molecule has 0 aliphatic carbocycles. The van der Waals surface area contributed by atoms with Gasteiger partial charge in [0, 0.05) is 23.9 Å². The normalized spacial score (nSPS) is 10.7. The van der Waals surface area contributed by atoms with Gasteiger partial charge in [-0.15, -0.1) is 0 Å². The summed E-state index contributed by atoms with van der Waals surface area (Å²) in [5, 5.41) is 10.7. The van der Waals surface area contributed by atoms with Crippen molar-refractivity contribution in [2.24, 2.45) is 0 Å². The minimum absolute atomic E-state index is 0.0538. The van der Waals surface area contributed by atoms with Crippen molar-refractivity contribution in [2.75, 3.05) is 5.32 Å². The third-order valence-electron chi connectivity index (χ3n) is 2.82. The number of hydrogen-bond donors (Lipinski definition) is 2. The molecule has 0 aliphatic rings. The van der Waals surface area contributed by atoms with Crippen LogP contribution in [-0.2, 0) is 11.2 Å². The molecule has 2 aromatic heterocycles. The smallest absolute Gasteiger partial charge is 0.224 e. The number of nitrogens with zero attached hydrogens (tertiary/aromatic N) is 2. The summed E-state index contributed by atoms with van der Waals surface area (Å²) in [6, 6.07) is 5.62. The van der Waals surface area contributed by atoms with Crippen molar-refractivity contribution >= 4 is 22.5 Å². The Bertz CT molecular complexity index is 688. The second kappa shape index (κ2) is 4.93. The van der Waals surface area contributed by atoms with Gasteiger partial charge in [0.25, 0.3) is 0 Å². The lowest BCUT2D eigenvalue weighted by Crippen LogP contribution is -2.12. The summed E-state index contributed by atoms with van der Waals surface area (Å²) >= 11 is 0. The van der Waals surface area contributed by atoms with E-state index in [-0.39, 0.29) is 5.91 Å². The van der Waals surface area contributed by atoms with E-state index in [2.05, 4.69) is 20.5 Å². The Hall–Kier alpha value is -2.63. The summed E-state index contributed by atoms with van der Waals surface area (Å²) in [5.41, 5.74) is 2.43. The molecule has 0 saturated heterocycles. The van der Waals surface area contributed by atoms with E-state index >= 15 is 0 Å². The van der Waals surface area contributed by atoms with E-state index in [1.54, 1.807) is 12.5 Å². The predicted octanol–water partition coefficient (Wildman–Crippen LogP) is 2.12. The molecule has 1 amide bonds. The lowest BCUT2D eigenvalue weighted by atomic mass is 10.2. The van der Waals surface area contributed by atoms with Crippen molar-refractivity contribution in [2.45, 2.75) is 12.8 Å². The molecule has 0 unspecified atom stereocenters. The average Bonchev–Trinajstić information content (AvgIpc) is 3.07. The number of fused-ring (bicyclic) bond motifs is 1. The maximum Gasteiger partial charge on any atom is 0.224 e. The number of H-pyrrole nitrogens is 1. The van der Waals surface area contributed by atoms with Gasteiger partial charge in [0.1, 0.15) is 6.26 Å². The van der Waals surface area contributed by atoms with Crippen molar-refractivity contribution in [1.82, 2.24) is 15.2 Å². The Morgan fingerprint density at radius 1 is 1.42 bits per heavy atom. The van der Waals surface area contributed by atoms with Gasteiger partial charge in [-0.3, -0.25) is 9.89 Å².